The van der Waals surface area contributed by atoms with E-state index in [0.29, 0.717) is 23.7 Å². The summed E-state index contributed by atoms with van der Waals surface area (Å²) in [6.07, 6.45) is 1.55. The lowest BCUT2D eigenvalue weighted by Crippen LogP contribution is -2.57. The molecule has 0 saturated carbocycles. The van der Waals surface area contributed by atoms with Crippen molar-refractivity contribution >= 4 is 23.4 Å². The highest BCUT2D eigenvalue weighted by molar-refractivity contribution is 6.63. The predicted molar refractivity (Wildman–Crippen MR) is 81.0 cm³/mol. The molecule has 0 radical (unpaired) electrons. The minimum absolute atomic E-state index is 0.265. The average molecular weight is 290 g/mol. The van der Waals surface area contributed by atoms with Crippen molar-refractivity contribution in [3.63, 3.8) is 0 Å². The topological polar surface area (TPSA) is 133 Å². The number of hydrogen-bond acceptors (Lipinski definition) is 7. The van der Waals surface area contributed by atoms with Crippen molar-refractivity contribution in [2.75, 3.05) is 13.2 Å². The monoisotopic (exact) mass is 290 g/mol. The molecule has 1 aliphatic heterocycles. The molecule has 21 heavy (non-hydrogen) atoms. The summed E-state index contributed by atoms with van der Waals surface area (Å²) in [7, 11) is 0. The van der Waals surface area contributed by atoms with E-state index in [4.69, 9.17) is 26.7 Å². The number of aliphatic hydroxyl groups excluding tert-OH is 1. The quantitative estimate of drug-likeness (QED) is 0.566. The molecule has 0 aromatic heterocycles. The van der Waals surface area contributed by atoms with E-state index < -0.39 is 12.5 Å². The summed E-state index contributed by atoms with van der Waals surface area (Å²) in [6, 6.07) is 6.67. The third kappa shape index (κ3) is 3.63. The van der Waals surface area contributed by atoms with Crippen LogP contribution in [0.1, 0.15) is 6.92 Å². The largest absolute Gasteiger partial charge is 0.458 e. The van der Waals surface area contributed by atoms with Crippen LogP contribution in [0.5, 0.6) is 5.75 Å². The van der Waals surface area contributed by atoms with Gasteiger partial charge in [0.15, 0.2) is 5.84 Å². The van der Waals surface area contributed by atoms with Crippen LogP contribution in [0.15, 0.2) is 34.4 Å². The third-order valence-corrected chi connectivity index (χ3v) is 2.76. The summed E-state index contributed by atoms with van der Waals surface area (Å²) in [5.41, 5.74) is 12.1. The van der Waals surface area contributed by atoms with Crippen molar-refractivity contribution in [1.29, 1.82) is 5.41 Å². The molecule has 0 saturated heterocycles. The molecule has 8 heteroatoms. The number of rotatable bonds is 5. The van der Waals surface area contributed by atoms with Crippen LogP contribution < -0.4 is 16.2 Å². The molecule has 2 rings (SSSR count). The van der Waals surface area contributed by atoms with Crippen molar-refractivity contribution in [3.8, 4) is 5.75 Å². The number of aliphatic imine (C=N–C) groups is 1. The van der Waals surface area contributed by atoms with Crippen LogP contribution in [0, 0.1) is 5.41 Å². The number of nitrogens with zero attached hydrogens (tertiary/aromatic N) is 3. The fourth-order valence-electron chi connectivity index (χ4n) is 1.68. The first kappa shape index (κ1) is 15.1. The van der Waals surface area contributed by atoms with Crippen molar-refractivity contribution in [2.45, 2.75) is 12.8 Å². The van der Waals surface area contributed by atoms with E-state index in [1.54, 1.807) is 35.5 Å². The maximum atomic E-state index is 8.94. The molecule has 0 bridgehead atoms. The van der Waals surface area contributed by atoms with Crippen LogP contribution >= 0.6 is 0 Å². The highest BCUT2D eigenvalue weighted by Crippen LogP contribution is 2.20. The Morgan fingerprint density at radius 2 is 2.05 bits per heavy atom. The number of aliphatic hydroxyl groups is 1. The van der Waals surface area contributed by atoms with E-state index in [2.05, 4.69) is 10.1 Å². The van der Waals surface area contributed by atoms with Crippen molar-refractivity contribution in [3.05, 3.63) is 24.3 Å². The zero-order valence-corrected chi connectivity index (χ0v) is 11.7. The first-order chi connectivity index (χ1) is 9.95. The Hall–Kier alpha value is -2.29. The molecule has 1 aliphatic rings. The number of amidine groups is 1. The molecule has 0 unspecified atom stereocenters. The van der Waals surface area contributed by atoms with Crippen LogP contribution in [0.25, 0.3) is 0 Å². The highest BCUT2D eigenvalue weighted by atomic mass is 16.5. The highest BCUT2D eigenvalue weighted by Gasteiger charge is 2.20. The van der Waals surface area contributed by atoms with Gasteiger partial charge in [0, 0.05) is 6.54 Å². The normalized spacial score (nSPS) is 16.9. The van der Waals surface area contributed by atoms with Gasteiger partial charge in [0.25, 0.3) is 0 Å². The van der Waals surface area contributed by atoms with Gasteiger partial charge in [-0.2, -0.15) is 5.10 Å². The summed E-state index contributed by atoms with van der Waals surface area (Å²) >= 11 is 0. The lowest BCUT2D eigenvalue weighted by molar-refractivity contribution is 0.0198. The lowest BCUT2D eigenvalue weighted by atomic mass is 10.3. The van der Waals surface area contributed by atoms with E-state index in [0.717, 1.165) is 0 Å². The molecular weight excluding hydrogens is 272 g/mol. The minimum Gasteiger partial charge on any atom is -0.458 e. The molecule has 1 aromatic carbocycles. The van der Waals surface area contributed by atoms with Crippen molar-refractivity contribution < 1.29 is 9.84 Å². The minimum atomic E-state index is -1.62. The van der Waals surface area contributed by atoms with E-state index in [9.17, 15) is 0 Å². The smallest absolute Gasteiger partial charge is 0.236 e. The number of hydrazone groups is 1. The standard InChI is InChI=1S/C13H18N6O2/c1-2-19-12(14)11(7-17-19)18-9-3-5-10(6-4-9)21-13(15,16)8-20/h3-7,14,20H,2,8,15-16H2,1H3. The molecule has 0 aliphatic carbocycles. The van der Waals surface area contributed by atoms with E-state index >= 15 is 0 Å². The SMILES string of the molecule is CCN1N=CC(=Nc2ccc(OC(N)(N)CO)cc2)C1=N. The molecule has 0 atom stereocenters. The van der Waals surface area contributed by atoms with Gasteiger partial charge in [0.1, 0.15) is 18.1 Å². The number of ether oxygens (including phenoxy) is 1. The Morgan fingerprint density at radius 1 is 1.38 bits per heavy atom. The van der Waals surface area contributed by atoms with Gasteiger partial charge < -0.3 is 9.84 Å². The Morgan fingerprint density at radius 3 is 2.57 bits per heavy atom. The van der Waals surface area contributed by atoms with Crippen LogP contribution in [-0.2, 0) is 0 Å². The van der Waals surface area contributed by atoms with E-state index in [1.807, 2.05) is 6.92 Å². The predicted octanol–water partition coefficient (Wildman–Crippen LogP) is -0.0000300. The molecule has 6 N–H and O–H groups in total. The molecule has 1 heterocycles. The molecular formula is C13H18N6O2. The van der Waals surface area contributed by atoms with Crippen LogP contribution in [0.3, 0.4) is 0 Å². The Balaban J connectivity index is 2.10. The second kappa shape index (κ2) is 6.00. The first-order valence-electron chi connectivity index (χ1n) is 6.42. The van der Waals surface area contributed by atoms with Gasteiger partial charge >= 0.3 is 0 Å². The van der Waals surface area contributed by atoms with Crippen molar-refractivity contribution in [2.24, 2.45) is 21.6 Å². The fourth-order valence-corrected chi connectivity index (χ4v) is 1.68. The molecule has 0 fully saturated rings. The Labute approximate surface area is 122 Å². The Bertz CT molecular complexity index is 579. The van der Waals surface area contributed by atoms with Gasteiger partial charge in [-0.05, 0) is 31.2 Å². The summed E-state index contributed by atoms with van der Waals surface area (Å²) in [4.78, 5) is 4.33. The summed E-state index contributed by atoms with van der Waals surface area (Å²) in [5, 5.41) is 22.4. The zero-order chi connectivity index (χ0) is 15.5. The lowest BCUT2D eigenvalue weighted by Gasteiger charge is -2.23. The number of benzene rings is 1. The maximum absolute atomic E-state index is 8.94. The van der Waals surface area contributed by atoms with Crippen LogP contribution in [0.2, 0.25) is 0 Å². The van der Waals surface area contributed by atoms with Gasteiger partial charge in [-0.3, -0.25) is 16.9 Å². The van der Waals surface area contributed by atoms with E-state index in [1.165, 1.54) is 0 Å². The molecule has 0 amide bonds. The van der Waals surface area contributed by atoms with Gasteiger partial charge in [-0.25, -0.2) is 10.0 Å². The molecule has 0 spiro atoms. The van der Waals surface area contributed by atoms with Gasteiger partial charge in [-0.1, -0.05) is 0 Å². The average Bonchev–Trinajstić information content (AvgIpc) is 2.81. The molecule has 8 nitrogen and oxygen atoms in total. The fraction of sp³-hybridized carbons (Fsp3) is 0.308. The second-order valence-electron chi connectivity index (χ2n) is 4.52. The second-order valence-corrected chi connectivity index (χ2v) is 4.52. The third-order valence-electron chi connectivity index (χ3n) is 2.76. The number of nitrogens with one attached hydrogen (secondary N) is 1. The number of nitrogens with two attached hydrogens (primary N) is 2. The van der Waals surface area contributed by atoms with Gasteiger partial charge in [0.2, 0.25) is 5.85 Å². The molecule has 112 valence electrons. The summed E-state index contributed by atoms with van der Waals surface area (Å²) in [6.45, 7) is 2.03. The molecule has 1 aromatic rings. The van der Waals surface area contributed by atoms with E-state index in [-0.39, 0.29) is 5.84 Å². The van der Waals surface area contributed by atoms with Crippen LogP contribution in [0.4, 0.5) is 5.69 Å². The zero-order valence-electron chi connectivity index (χ0n) is 11.7. The Kier molecular flexibility index (Phi) is 4.32. The van der Waals surface area contributed by atoms with Crippen molar-refractivity contribution in [1.82, 2.24) is 5.01 Å². The maximum Gasteiger partial charge on any atom is 0.236 e. The number of hydrogen-bond donors (Lipinski definition) is 4. The summed E-state index contributed by atoms with van der Waals surface area (Å²) < 4.78 is 5.21. The van der Waals surface area contributed by atoms with Gasteiger partial charge in [0.05, 0.1) is 11.9 Å². The van der Waals surface area contributed by atoms with Crippen LogP contribution in [-0.4, -0.2) is 46.9 Å². The van der Waals surface area contributed by atoms with Gasteiger partial charge in [-0.15, -0.1) is 0 Å². The summed E-state index contributed by atoms with van der Waals surface area (Å²) in [5.74, 6) is -0.931. The first-order valence-corrected chi connectivity index (χ1v) is 6.42.